The predicted molar refractivity (Wildman–Crippen MR) is 97.8 cm³/mol. The highest BCUT2D eigenvalue weighted by molar-refractivity contribution is 6.01. The molecule has 1 aliphatic rings. The minimum absolute atomic E-state index is 0.197. The number of nitrogens with one attached hydrogen (secondary N) is 2. The van der Waals surface area contributed by atoms with Crippen molar-refractivity contribution < 1.29 is 4.79 Å². The zero-order chi connectivity index (χ0) is 18.3. The van der Waals surface area contributed by atoms with Gasteiger partial charge in [-0.3, -0.25) is 9.48 Å². The third-order valence-corrected chi connectivity index (χ3v) is 4.86. The fourth-order valence-electron chi connectivity index (χ4n) is 3.26. The van der Waals surface area contributed by atoms with E-state index in [-0.39, 0.29) is 6.04 Å². The second-order valence-electron chi connectivity index (χ2n) is 6.66. The van der Waals surface area contributed by atoms with Gasteiger partial charge in [-0.25, -0.2) is 9.50 Å². The molecule has 4 N–H and O–H groups in total. The molecule has 0 bridgehead atoms. The average Bonchev–Trinajstić information content (AvgIpc) is 3.34. The monoisotopic (exact) mass is 354 g/mol. The highest BCUT2D eigenvalue weighted by Gasteiger charge is 2.26. The van der Waals surface area contributed by atoms with E-state index in [2.05, 4.69) is 27.8 Å². The Kier molecular flexibility index (Phi) is 4.08. The summed E-state index contributed by atoms with van der Waals surface area (Å²) in [6.45, 7) is 6.73. The van der Waals surface area contributed by atoms with Crippen LogP contribution in [0, 0.1) is 5.92 Å². The number of fused-ring (bicyclic) bond motifs is 1. The predicted octanol–water partition coefficient (Wildman–Crippen LogP) is 0.731. The number of hydrogen-bond donors (Lipinski definition) is 3. The zero-order valence-electron chi connectivity index (χ0n) is 14.8. The molecule has 0 spiro atoms. The quantitative estimate of drug-likeness (QED) is 0.622. The SMILES string of the molecule is CCn1cc(-c2cn3ncc(C(N)=O)c(NC4CNCC4C)c3n2)cn1. The van der Waals surface area contributed by atoms with Crippen LogP contribution in [0.1, 0.15) is 24.2 Å². The Morgan fingerprint density at radius 2 is 2.19 bits per heavy atom. The summed E-state index contributed by atoms with van der Waals surface area (Å²) in [6, 6.07) is 0.197. The van der Waals surface area contributed by atoms with Crippen LogP contribution in [0.25, 0.3) is 16.9 Å². The molecule has 1 saturated heterocycles. The highest BCUT2D eigenvalue weighted by atomic mass is 16.1. The van der Waals surface area contributed by atoms with Crippen molar-refractivity contribution in [1.29, 1.82) is 0 Å². The van der Waals surface area contributed by atoms with Crippen molar-refractivity contribution in [2.75, 3.05) is 18.4 Å². The Labute approximate surface area is 150 Å². The van der Waals surface area contributed by atoms with Gasteiger partial charge in [-0.2, -0.15) is 10.2 Å². The fraction of sp³-hybridized carbons (Fsp3) is 0.412. The van der Waals surface area contributed by atoms with Crippen LogP contribution in [0.2, 0.25) is 0 Å². The van der Waals surface area contributed by atoms with Crippen molar-refractivity contribution in [3.8, 4) is 11.3 Å². The molecule has 3 aromatic heterocycles. The van der Waals surface area contributed by atoms with Gasteiger partial charge in [0, 0.05) is 30.9 Å². The lowest BCUT2D eigenvalue weighted by Crippen LogP contribution is -2.29. The van der Waals surface area contributed by atoms with Gasteiger partial charge in [-0.05, 0) is 19.4 Å². The maximum atomic E-state index is 11.9. The van der Waals surface area contributed by atoms with Gasteiger partial charge < -0.3 is 16.4 Å². The van der Waals surface area contributed by atoms with E-state index < -0.39 is 5.91 Å². The van der Waals surface area contributed by atoms with Gasteiger partial charge in [0.25, 0.3) is 5.91 Å². The molecule has 0 aliphatic carbocycles. The first-order valence-corrected chi connectivity index (χ1v) is 8.75. The molecule has 0 radical (unpaired) electrons. The van der Waals surface area contributed by atoms with Crippen molar-refractivity contribution in [3.05, 3.63) is 30.4 Å². The second-order valence-corrected chi connectivity index (χ2v) is 6.66. The minimum atomic E-state index is -0.524. The Morgan fingerprint density at radius 1 is 1.35 bits per heavy atom. The Hall–Kier alpha value is -2.94. The molecule has 136 valence electrons. The number of aryl methyl sites for hydroxylation is 1. The number of anilines is 1. The maximum absolute atomic E-state index is 11.9. The summed E-state index contributed by atoms with van der Waals surface area (Å²) in [5, 5.41) is 15.4. The smallest absolute Gasteiger partial charge is 0.252 e. The molecule has 4 rings (SSSR count). The highest BCUT2D eigenvalue weighted by Crippen LogP contribution is 2.27. The van der Waals surface area contributed by atoms with Crippen molar-refractivity contribution in [2.45, 2.75) is 26.4 Å². The van der Waals surface area contributed by atoms with Gasteiger partial charge in [0.1, 0.15) is 0 Å². The molecule has 9 nitrogen and oxygen atoms in total. The molecule has 2 atom stereocenters. The molecule has 1 fully saturated rings. The summed E-state index contributed by atoms with van der Waals surface area (Å²) in [7, 11) is 0. The van der Waals surface area contributed by atoms with Crippen molar-refractivity contribution in [1.82, 2.24) is 29.7 Å². The Morgan fingerprint density at radius 3 is 2.85 bits per heavy atom. The molecule has 4 heterocycles. The minimum Gasteiger partial charge on any atom is -0.377 e. The number of primary amides is 1. The Balaban J connectivity index is 1.80. The first kappa shape index (κ1) is 16.5. The van der Waals surface area contributed by atoms with E-state index in [0.717, 1.165) is 30.9 Å². The number of nitrogens with zero attached hydrogens (tertiary/aromatic N) is 5. The first-order chi connectivity index (χ1) is 12.6. The second kappa shape index (κ2) is 6.41. The van der Waals surface area contributed by atoms with E-state index in [1.165, 1.54) is 6.20 Å². The van der Waals surface area contributed by atoms with Crippen LogP contribution in [0.5, 0.6) is 0 Å². The van der Waals surface area contributed by atoms with Crippen LogP contribution < -0.4 is 16.4 Å². The summed E-state index contributed by atoms with van der Waals surface area (Å²) in [6.07, 6.45) is 7.04. The van der Waals surface area contributed by atoms with E-state index in [9.17, 15) is 4.79 Å². The van der Waals surface area contributed by atoms with Gasteiger partial charge in [0.15, 0.2) is 5.65 Å². The largest absolute Gasteiger partial charge is 0.377 e. The lowest BCUT2D eigenvalue weighted by atomic mass is 10.1. The van der Waals surface area contributed by atoms with Crippen LogP contribution in [0.4, 0.5) is 5.69 Å². The summed E-state index contributed by atoms with van der Waals surface area (Å²) in [4.78, 5) is 16.6. The summed E-state index contributed by atoms with van der Waals surface area (Å²) >= 11 is 0. The summed E-state index contributed by atoms with van der Waals surface area (Å²) in [5.41, 5.74) is 8.78. The van der Waals surface area contributed by atoms with Crippen molar-refractivity contribution in [3.63, 3.8) is 0 Å². The number of aromatic nitrogens is 5. The molecule has 3 aromatic rings. The molecule has 0 saturated carbocycles. The standard InChI is InChI=1S/C17H22N8O/c1-3-24-8-11(5-20-24)14-9-25-17(23-14)15(12(6-21-25)16(18)26)22-13-7-19-4-10(13)2/h5-6,8-10,13,19,22H,3-4,7H2,1-2H3,(H2,18,26). The molecule has 9 heteroatoms. The topological polar surface area (TPSA) is 115 Å². The van der Waals surface area contributed by atoms with Crippen LogP contribution >= 0.6 is 0 Å². The number of imidazole rings is 1. The van der Waals surface area contributed by atoms with Crippen molar-refractivity contribution >= 4 is 17.2 Å². The number of nitrogens with two attached hydrogens (primary N) is 1. The van der Waals surface area contributed by atoms with E-state index >= 15 is 0 Å². The number of amides is 1. The molecule has 1 amide bonds. The fourth-order valence-corrected chi connectivity index (χ4v) is 3.26. The van der Waals surface area contributed by atoms with Crippen molar-refractivity contribution in [2.24, 2.45) is 11.7 Å². The third kappa shape index (κ3) is 2.80. The molecular weight excluding hydrogens is 332 g/mol. The molecule has 1 aliphatic heterocycles. The van der Waals surface area contributed by atoms with Crippen LogP contribution in [0.3, 0.4) is 0 Å². The number of rotatable bonds is 5. The van der Waals surface area contributed by atoms with Crippen LogP contribution in [-0.2, 0) is 6.54 Å². The lowest BCUT2D eigenvalue weighted by molar-refractivity contribution is 0.100. The number of hydrogen-bond acceptors (Lipinski definition) is 6. The van der Waals surface area contributed by atoms with E-state index in [1.807, 2.05) is 24.0 Å². The van der Waals surface area contributed by atoms with Gasteiger partial charge in [0.2, 0.25) is 0 Å². The molecule has 0 aromatic carbocycles. The van der Waals surface area contributed by atoms with Gasteiger partial charge in [-0.15, -0.1) is 0 Å². The number of carbonyl (C=O) groups excluding carboxylic acids is 1. The number of carbonyl (C=O) groups is 1. The molecular formula is C17H22N8O. The zero-order valence-corrected chi connectivity index (χ0v) is 14.8. The van der Waals surface area contributed by atoms with Gasteiger partial charge in [-0.1, -0.05) is 6.92 Å². The average molecular weight is 354 g/mol. The Bertz CT molecular complexity index is 959. The summed E-state index contributed by atoms with van der Waals surface area (Å²) in [5.74, 6) is -0.0920. The van der Waals surface area contributed by atoms with Crippen LogP contribution in [-0.4, -0.2) is 49.4 Å². The van der Waals surface area contributed by atoms with E-state index in [4.69, 9.17) is 10.7 Å². The lowest BCUT2D eigenvalue weighted by Gasteiger charge is -2.19. The van der Waals surface area contributed by atoms with Gasteiger partial charge >= 0.3 is 0 Å². The van der Waals surface area contributed by atoms with E-state index in [0.29, 0.717) is 22.8 Å². The maximum Gasteiger partial charge on any atom is 0.252 e. The molecule has 26 heavy (non-hydrogen) atoms. The normalized spacial score (nSPS) is 19.9. The van der Waals surface area contributed by atoms with Crippen LogP contribution in [0.15, 0.2) is 24.8 Å². The van der Waals surface area contributed by atoms with Gasteiger partial charge in [0.05, 0.1) is 35.5 Å². The summed E-state index contributed by atoms with van der Waals surface area (Å²) < 4.78 is 3.51. The first-order valence-electron chi connectivity index (χ1n) is 8.75. The molecule has 2 unspecified atom stereocenters. The third-order valence-electron chi connectivity index (χ3n) is 4.86. The van der Waals surface area contributed by atoms with E-state index in [1.54, 1.807) is 10.7 Å².